The number of rotatable bonds is 4. The van der Waals surface area contributed by atoms with E-state index in [1.807, 2.05) is 35.2 Å². The van der Waals surface area contributed by atoms with Crippen LogP contribution in [0.4, 0.5) is 5.69 Å². The molecule has 0 aliphatic carbocycles. The van der Waals surface area contributed by atoms with Crippen molar-refractivity contribution in [2.75, 3.05) is 63.9 Å². The van der Waals surface area contributed by atoms with Crippen molar-refractivity contribution < 1.29 is 9.53 Å². The van der Waals surface area contributed by atoms with Crippen LogP contribution in [0.15, 0.2) is 41.3 Å². The molecule has 0 atom stereocenters. The maximum atomic E-state index is 12.7. The van der Waals surface area contributed by atoms with Crippen molar-refractivity contribution in [3.63, 3.8) is 0 Å². The van der Waals surface area contributed by atoms with Crippen molar-refractivity contribution in [3.05, 3.63) is 51.9 Å². The minimum absolute atomic E-state index is 0.145. The molecule has 0 N–H and O–H groups in total. The van der Waals surface area contributed by atoms with E-state index in [1.165, 1.54) is 4.68 Å². The Hall–Kier alpha value is -2.42. The summed E-state index contributed by atoms with van der Waals surface area (Å²) in [4.78, 5) is 31.2. The largest absolute Gasteiger partial charge is 0.378 e. The summed E-state index contributed by atoms with van der Waals surface area (Å²) in [6, 6.07) is 9.21. The van der Waals surface area contributed by atoms with E-state index in [0.29, 0.717) is 57.3 Å². The van der Waals surface area contributed by atoms with Gasteiger partial charge in [-0.25, -0.2) is 0 Å². The molecule has 2 aliphatic heterocycles. The molecule has 0 spiro atoms. The summed E-state index contributed by atoms with van der Waals surface area (Å²) in [5, 5.41) is 4.47. The summed E-state index contributed by atoms with van der Waals surface area (Å²) in [6.45, 7) is 5.80. The van der Waals surface area contributed by atoms with Crippen molar-refractivity contribution in [3.8, 4) is 5.69 Å². The third-order valence-corrected chi connectivity index (χ3v) is 5.69. The fourth-order valence-corrected chi connectivity index (χ4v) is 3.90. The van der Waals surface area contributed by atoms with E-state index in [-0.39, 0.29) is 16.5 Å². The van der Waals surface area contributed by atoms with Crippen molar-refractivity contribution in [2.45, 2.75) is 0 Å². The zero-order valence-electron chi connectivity index (χ0n) is 16.2. The van der Waals surface area contributed by atoms with E-state index in [4.69, 9.17) is 16.3 Å². The second kappa shape index (κ2) is 8.94. The molecule has 2 fully saturated rings. The Morgan fingerprint density at radius 1 is 1.03 bits per heavy atom. The first-order valence-electron chi connectivity index (χ1n) is 9.79. The molecule has 2 aliphatic rings. The first-order chi connectivity index (χ1) is 14.1. The van der Waals surface area contributed by atoms with Crippen LogP contribution in [0.3, 0.4) is 0 Å². The zero-order chi connectivity index (χ0) is 20.2. The molecule has 0 saturated carbocycles. The number of piperazine rings is 1. The Kier molecular flexibility index (Phi) is 6.13. The van der Waals surface area contributed by atoms with Crippen molar-refractivity contribution in [2.24, 2.45) is 0 Å². The van der Waals surface area contributed by atoms with Crippen LogP contribution < -0.4 is 10.5 Å². The molecule has 3 heterocycles. The van der Waals surface area contributed by atoms with Gasteiger partial charge in [-0.3, -0.25) is 14.5 Å². The lowest BCUT2D eigenvalue weighted by Gasteiger charge is -2.37. The van der Waals surface area contributed by atoms with Crippen molar-refractivity contribution in [1.82, 2.24) is 19.6 Å². The SMILES string of the molecule is O=C(CN1CCN(c2cnn(-c3ccccc3)c(=O)c2Cl)CC1)N1CCOCC1. The third-order valence-electron chi connectivity index (χ3n) is 5.34. The number of para-hydroxylation sites is 1. The van der Waals surface area contributed by atoms with Gasteiger partial charge >= 0.3 is 0 Å². The minimum Gasteiger partial charge on any atom is -0.378 e. The minimum atomic E-state index is -0.333. The van der Waals surface area contributed by atoms with Crippen LogP contribution in [-0.2, 0) is 9.53 Å². The normalized spacial score (nSPS) is 18.1. The predicted octanol–water partition coefficient (Wildman–Crippen LogP) is 0.867. The molecule has 1 aromatic heterocycles. The molecule has 0 unspecified atom stereocenters. The number of aromatic nitrogens is 2. The van der Waals surface area contributed by atoms with Crippen LogP contribution in [0.2, 0.25) is 5.02 Å². The van der Waals surface area contributed by atoms with Gasteiger partial charge in [-0.05, 0) is 12.1 Å². The molecule has 0 bridgehead atoms. The zero-order valence-corrected chi connectivity index (χ0v) is 16.9. The number of morpholine rings is 1. The molecule has 154 valence electrons. The lowest BCUT2D eigenvalue weighted by molar-refractivity contribution is -0.136. The van der Waals surface area contributed by atoms with Crippen LogP contribution in [0.5, 0.6) is 0 Å². The van der Waals surface area contributed by atoms with E-state index in [1.54, 1.807) is 6.20 Å². The van der Waals surface area contributed by atoms with Crippen molar-refractivity contribution >= 4 is 23.2 Å². The Balaban J connectivity index is 1.39. The number of ether oxygens (including phenoxy) is 1. The number of amides is 1. The van der Waals surface area contributed by atoms with Gasteiger partial charge in [0.15, 0.2) is 0 Å². The van der Waals surface area contributed by atoms with E-state index >= 15 is 0 Å². The number of nitrogens with zero attached hydrogens (tertiary/aromatic N) is 5. The summed E-state index contributed by atoms with van der Waals surface area (Å²) in [7, 11) is 0. The number of carbonyl (C=O) groups is 1. The van der Waals surface area contributed by atoms with E-state index in [2.05, 4.69) is 14.9 Å². The van der Waals surface area contributed by atoms with Crippen LogP contribution in [-0.4, -0.2) is 84.5 Å². The summed E-state index contributed by atoms with van der Waals surface area (Å²) in [5.41, 5.74) is 0.987. The van der Waals surface area contributed by atoms with Crippen LogP contribution in [0.25, 0.3) is 5.69 Å². The maximum absolute atomic E-state index is 12.7. The monoisotopic (exact) mass is 417 g/mol. The van der Waals surface area contributed by atoms with Crippen molar-refractivity contribution in [1.29, 1.82) is 0 Å². The Morgan fingerprint density at radius 3 is 2.41 bits per heavy atom. The molecule has 2 saturated heterocycles. The fourth-order valence-electron chi connectivity index (χ4n) is 3.65. The van der Waals surface area contributed by atoms with Gasteiger partial charge in [-0.2, -0.15) is 9.78 Å². The van der Waals surface area contributed by atoms with Gasteiger partial charge in [0, 0.05) is 39.3 Å². The molecule has 1 aromatic carbocycles. The van der Waals surface area contributed by atoms with Gasteiger partial charge in [-0.15, -0.1) is 0 Å². The summed E-state index contributed by atoms with van der Waals surface area (Å²) in [6.07, 6.45) is 1.64. The molecule has 29 heavy (non-hydrogen) atoms. The highest BCUT2D eigenvalue weighted by Gasteiger charge is 2.25. The highest BCUT2D eigenvalue weighted by Crippen LogP contribution is 2.23. The van der Waals surface area contributed by atoms with E-state index < -0.39 is 0 Å². The molecular weight excluding hydrogens is 394 g/mol. The molecule has 1 amide bonds. The Bertz CT molecular complexity index is 906. The highest BCUT2D eigenvalue weighted by molar-refractivity contribution is 6.33. The number of carbonyl (C=O) groups excluding carboxylic acids is 1. The van der Waals surface area contributed by atoms with E-state index in [9.17, 15) is 9.59 Å². The van der Waals surface area contributed by atoms with Gasteiger partial charge in [0.1, 0.15) is 5.02 Å². The standard InChI is InChI=1S/C20H24ClN5O3/c21-19-17(14-22-26(20(19)28)16-4-2-1-3-5-16)24-8-6-23(7-9-24)15-18(27)25-10-12-29-13-11-25/h1-5,14H,6-13,15H2. The highest BCUT2D eigenvalue weighted by atomic mass is 35.5. The molecule has 4 rings (SSSR count). The molecule has 0 radical (unpaired) electrons. The third kappa shape index (κ3) is 4.44. The van der Waals surface area contributed by atoms with Gasteiger partial charge in [0.05, 0.1) is 37.3 Å². The van der Waals surface area contributed by atoms with Crippen LogP contribution in [0.1, 0.15) is 0 Å². The van der Waals surface area contributed by atoms with Gasteiger partial charge in [0.2, 0.25) is 5.91 Å². The fraction of sp³-hybridized carbons (Fsp3) is 0.450. The maximum Gasteiger partial charge on any atom is 0.292 e. The smallest absolute Gasteiger partial charge is 0.292 e. The second-order valence-corrected chi connectivity index (χ2v) is 7.53. The number of hydrogen-bond donors (Lipinski definition) is 0. The lowest BCUT2D eigenvalue weighted by Crippen LogP contribution is -2.51. The molecular formula is C20H24ClN5O3. The predicted molar refractivity (Wildman–Crippen MR) is 111 cm³/mol. The van der Waals surface area contributed by atoms with Gasteiger partial charge < -0.3 is 14.5 Å². The average Bonchev–Trinajstić information content (AvgIpc) is 2.77. The molecule has 8 nitrogen and oxygen atoms in total. The summed E-state index contributed by atoms with van der Waals surface area (Å²) < 4.78 is 6.61. The van der Waals surface area contributed by atoms with E-state index in [0.717, 1.165) is 13.1 Å². The number of hydrogen-bond acceptors (Lipinski definition) is 6. The second-order valence-electron chi connectivity index (χ2n) is 7.15. The van der Waals surface area contributed by atoms with Gasteiger partial charge in [-0.1, -0.05) is 29.8 Å². The average molecular weight is 418 g/mol. The number of benzene rings is 1. The first kappa shape index (κ1) is 19.9. The first-order valence-corrected chi connectivity index (χ1v) is 10.2. The lowest BCUT2D eigenvalue weighted by atomic mass is 10.2. The van der Waals surface area contributed by atoms with Crippen LogP contribution in [0, 0.1) is 0 Å². The number of halogens is 1. The molecule has 2 aromatic rings. The Labute approximate surface area is 174 Å². The quantitative estimate of drug-likeness (QED) is 0.735. The summed E-state index contributed by atoms with van der Waals surface area (Å²) in [5.74, 6) is 0.145. The number of anilines is 1. The van der Waals surface area contributed by atoms with Gasteiger partial charge in [0.25, 0.3) is 5.56 Å². The van der Waals surface area contributed by atoms with Crippen LogP contribution >= 0.6 is 11.6 Å². The molecule has 9 heteroatoms. The summed E-state index contributed by atoms with van der Waals surface area (Å²) >= 11 is 6.40. The Morgan fingerprint density at radius 2 is 1.72 bits per heavy atom. The topological polar surface area (TPSA) is 70.9 Å².